The van der Waals surface area contributed by atoms with Crippen LogP contribution >= 0.6 is 0 Å². The van der Waals surface area contributed by atoms with Crippen molar-refractivity contribution in [3.63, 3.8) is 0 Å². The first-order valence-corrected chi connectivity index (χ1v) is 17.6. The van der Waals surface area contributed by atoms with Gasteiger partial charge in [0.1, 0.15) is 12.1 Å². The average molecular weight is 684 g/mol. The van der Waals surface area contributed by atoms with Gasteiger partial charge in [-0.15, -0.1) is 0 Å². The van der Waals surface area contributed by atoms with Gasteiger partial charge in [-0.25, -0.2) is 14.6 Å². The van der Waals surface area contributed by atoms with E-state index in [0.29, 0.717) is 12.3 Å². The number of hydrogen-bond donors (Lipinski definition) is 4. The molecule has 13 nitrogen and oxygen atoms in total. The maximum absolute atomic E-state index is 13.3. The number of ether oxygens (including phenoxy) is 3. The third-order valence-electron chi connectivity index (χ3n) is 11.0. The Morgan fingerprint density at radius 2 is 1.80 bits per heavy atom. The Morgan fingerprint density at radius 3 is 2.55 bits per heavy atom. The van der Waals surface area contributed by atoms with Crippen LogP contribution < -0.4 is 10.6 Å². The van der Waals surface area contributed by atoms with E-state index in [1.165, 1.54) is 0 Å². The fourth-order valence-corrected chi connectivity index (χ4v) is 8.37. The van der Waals surface area contributed by atoms with Gasteiger partial charge in [-0.2, -0.15) is 0 Å². The highest BCUT2D eigenvalue weighted by Gasteiger charge is 2.69. The van der Waals surface area contributed by atoms with Crippen LogP contribution in [0.5, 0.6) is 0 Å². The number of benzene rings is 1. The largest absolute Gasteiger partial charge is 0.480 e. The van der Waals surface area contributed by atoms with E-state index in [2.05, 4.69) is 22.5 Å². The summed E-state index contributed by atoms with van der Waals surface area (Å²) in [6.07, 6.45) is 3.39. The van der Waals surface area contributed by atoms with E-state index >= 15 is 0 Å². The van der Waals surface area contributed by atoms with E-state index in [1.54, 1.807) is 6.20 Å². The zero-order chi connectivity index (χ0) is 35.1. The molecule has 4 saturated heterocycles. The maximum Gasteiger partial charge on any atom is 0.326 e. The monoisotopic (exact) mass is 683 g/mol. The number of rotatable bonds is 12. The van der Waals surface area contributed by atoms with Gasteiger partial charge in [0.2, 0.25) is 23.9 Å². The number of esters is 1. The molecule has 49 heavy (non-hydrogen) atoms. The van der Waals surface area contributed by atoms with E-state index in [0.717, 1.165) is 35.7 Å². The second-order valence-electron chi connectivity index (χ2n) is 15.0. The Labute approximate surface area is 286 Å². The lowest BCUT2D eigenvalue weighted by Gasteiger charge is -2.59. The molecule has 5 fully saturated rings. The number of H-pyrrole nitrogens is 1. The molecular formula is C36H49N3O10. The molecule has 0 unspecified atom stereocenters. The molecular weight excluding hydrogens is 634 g/mol. The molecule has 1 saturated carbocycles. The molecule has 5 heterocycles. The molecule has 7 rings (SSSR count). The van der Waals surface area contributed by atoms with Crippen LogP contribution in [0.2, 0.25) is 0 Å². The number of para-hydroxylation sites is 1. The Balaban J connectivity index is 1.05. The molecule has 13 heteroatoms. The summed E-state index contributed by atoms with van der Waals surface area (Å²) in [5.41, 5.74) is 0.838. The van der Waals surface area contributed by atoms with E-state index in [4.69, 9.17) is 24.0 Å². The topological polar surface area (TPSA) is 175 Å². The van der Waals surface area contributed by atoms with E-state index in [-0.39, 0.29) is 49.4 Å². The number of aromatic nitrogens is 1. The average Bonchev–Trinajstić information content (AvgIpc) is 3.32. The third-order valence-corrected chi connectivity index (χ3v) is 11.0. The highest BCUT2D eigenvalue weighted by Crippen LogP contribution is 2.60. The van der Waals surface area contributed by atoms with Crippen molar-refractivity contribution in [2.75, 3.05) is 0 Å². The number of carboxylic acids is 1. The number of aliphatic carboxylic acids is 1. The number of carbonyl (C=O) groups is 4. The minimum atomic E-state index is -1.21. The van der Waals surface area contributed by atoms with Gasteiger partial charge in [0.05, 0.1) is 6.42 Å². The summed E-state index contributed by atoms with van der Waals surface area (Å²) in [5, 5.41) is 16.1. The Morgan fingerprint density at radius 1 is 1.02 bits per heavy atom. The molecule has 10 atom stereocenters. The lowest BCUT2D eigenvalue weighted by Crippen LogP contribution is -2.70. The Bertz CT molecular complexity index is 1560. The van der Waals surface area contributed by atoms with Crippen LogP contribution in [0.15, 0.2) is 30.5 Å². The Kier molecular flexibility index (Phi) is 10.1. The van der Waals surface area contributed by atoms with Crippen molar-refractivity contribution in [1.29, 1.82) is 0 Å². The highest BCUT2D eigenvalue weighted by atomic mass is 17.3. The van der Waals surface area contributed by atoms with Gasteiger partial charge in [0, 0.05) is 48.2 Å². The van der Waals surface area contributed by atoms with Crippen LogP contribution in [0.1, 0.15) is 85.1 Å². The van der Waals surface area contributed by atoms with E-state index in [9.17, 15) is 24.3 Å². The molecule has 4 N–H and O–H groups in total. The number of carboxylic acid groups (broad SMARTS) is 1. The second-order valence-corrected chi connectivity index (χ2v) is 15.0. The van der Waals surface area contributed by atoms with Crippen molar-refractivity contribution in [3.05, 3.63) is 36.0 Å². The summed E-state index contributed by atoms with van der Waals surface area (Å²) >= 11 is 0. The van der Waals surface area contributed by atoms with Crippen molar-refractivity contribution in [2.45, 2.75) is 122 Å². The molecule has 4 aliphatic heterocycles. The summed E-state index contributed by atoms with van der Waals surface area (Å²) < 4.78 is 18.5. The summed E-state index contributed by atoms with van der Waals surface area (Å²) in [6.45, 7) is 9.83. The van der Waals surface area contributed by atoms with E-state index < -0.39 is 59.8 Å². The van der Waals surface area contributed by atoms with Gasteiger partial charge in [-0.05, 0) is 62.0 Å². The van der Waals surface area contributed by atoms with Crippen LogP contribution in [0.25, 0.3) is 10.9 Å². The molecule has 2 aromatic rings. The van der Waals surface area contributed by atoms with Crippen molar-refractivity contribution < 1.29 is 48.3 Å². The first kappa shape index (κ1) is 35.3. The fraction of sp³-hybridized carbons (Fsp3) is 0.667. The highest BCUT2D eigenvalue weighted by molar-refractivity contribution is 5.91. The number of hydrogen-bond acceptors (Lipinski definition) is 9. The SMILES string of the molecule is CC(C)C[C@H](NC(=O)CCC(=O)O[C@@H]1O[C@@H]2O[C@@]3(C)CC[C@H]4[C@H](C)CC[C@@H]([C@H]1C)[C@@]24OO3)C(=O)N[C@@H](Cc1c[nH]c2ccccc12)C(=O)O. The third kappa shape index (κ3) is 7.08. The van der Waals surface area contributed by atoms with Crippen LogP contribution in [0, 0.1) is 29.6 Å². The van der Waals surface area contributed by atoms with Crippen molar-refractivity contribution >= 4 is 34.7 Å². The predicted octanol–water partition coefficient (Wildman–Crippen LogP) is 4.34. The molecule has 2 amide bonds. The molecule has 5 aliphatic rings. The number of amides is 2. The lowest BCUT2D eigenvalue weighted by molar-refractivity contribution is -0.576. The molecule has 268 valence electrons. The number of aromatic amines is 1. The first-order chi connectivity index (χ1) is 23.3. The minimum absolute atomic E-state index is 0.0166. The standard InChI is InChI=1S/C36H49N3O10/c1-19(2)16-27(31(42)39-28(32(43)44)17-22-18-37-26-9-7-6-8-23(22)26)38-29(40)12-13-30(41)45-33-21(4)25-11-10-20(3)24-14-15-35(5)47-34(46-33)36(24,25)49-48-35/h6-9,18-21,24-25,27-28,33-34,37H,10-17H2,1-5H3,(H,38,40)(H,39,42)(H,43,44)/t20-,21-,24+,25+,27+,28+,33-,34-,35-,36-/m1/s1. The van der Waals surface area contributed by atoms with Gasteiger partial charge in [-0.1, -0.05) is 45.9 Å². The zero-order valence-electron chi connectivity index (χ0n) is 28.9. The molecule has 0 radical (unpaired) electrons. The Hall–Kier alpha value is -3.52. The van der Waals surface area contributed by atoms with E-state index in [1.807, 2.05) is 52.0 Å². The zero-order valence-corrected chi connectivity index (χ0v) is 28.9. The fourth-order valence-electron chi connectivity index (χ4n) is 8.37. The second kappa shape index (κ2) is 14.0. The summed E-state index contributed by atoms with van der Waals surface area (Å²) in [5.74, 6) is -3.50. The number of fused-ring (bicyclic) bond motifs is 3. The quantitative estimate of drug-likeness (QED) is 0.186. The smallest absolute Gasteiger partial charge is 0.326 e. The first-order valence-electron chi connectivity index (χ1n) is 17.6. The summed E-state index contributed by atoms with van der Waals surface area (Å²) in [4.78, 5) is 66.7. The molecule has 1 spiro atoms. The van der Waals surface area contributed by atoms with Crippen LogP contribution in [-0.2, 0) is 49.6 Å². The van der Waals surface area contributed by atoms with Crippen LogP contribution in [0.4, 0.5) is 0 Å². The molecule has 1 aromatic heterocycles. The number of carbonyl (C=O) groups excluding carboxylic acids is 3. The van der Waals surface area contributed by atoms with Gasteiger partial charge in [-0.3, -0.25) is 14.4 Å². The normalized spacial score (nSPS) is 33.3. The summed E-state index contributed by atoms with van der Waals surface area (Å²) in [7, 11) is 0. The molecule has 1 aromatic carbocycles. The lowest BCUT2D eigenvalue weighted by atomic mass is 9.58. The van der Waals surface area contributed by atoms with Gasteiger partial charge >= 0.3 is 11.9 Å². The van der Waals surface area contributed by atoms with Crippen molar-refractivity contribution in [2.24, 2.45) is 29.6 Å². The molecule has 2 bridgehead atoms. The van der Waals surface area contributed by atoms with Gasteiger partial charge < -0.3 is 34.9 Å². The minimum Gasteiger partial charge on any atom is -0.480 e. The van der Waals surface area contributed by atoms with Crippen molar-refractivity contribution in [1.82, 2.24) is 15.6 Å². The van der Waals surface area contributed by atoms with Crippen molar-refractivity contribution in [3.8, 4) is 0 Å². The van der Waals surface area contributed by atoms with Crippen LogP contribution in [-0.4, -0.2) is 69.9 Å². The predicted molar refractivity (Wildman–Crippen MR) is 175 cm³/mol. The van der Waals surface area contributed by atoms with Gasteiger partial charge in [0.15, 0.2) is 11.9 Å². The maximum atomic E-state index is 13.3. The number of nitrogens with one attached hydrogen (secondary N) is 3. The molecule has 1 aliphatic carbocycles. The van der Waals surface area contributed by atoms with Gasteiger partial charge in [0.25, 0.3) is 0 Å². The van der Waals surface area contributed by atoms with Crippen LogP contribution in [0.3, 0.4) is 0 Å². The summed E-state index contributed by atoms with van der Waals surface area (Å²) in [6, 6.07) is 5.32.